The molecule has 0 atom stereocenters. The van der Waals surface area contributed by atoms with Crippen molar-refractivity contribution in [3.05, 3.63) is 0 Å². The van der Waals surface area contributed by atoms with Crippen LogP contribution < -0.4 is 4.72 Å². The lowest BCUT2D eigenvalue weighted by Gasteiger charge is -2.19. The van der Waals surface area contributed by atoms with Crippen LogP contribution in [0.4, 0.5) is 0 Å². The van der Waals surface area contributed by atoms with Crippen molar-refractivity contribution in [2.75, 3.05) is 12.9 Å². The third kappa shape index (κ3) is 6.43. The topological polar surface area (TPSA) is 72.5 Å². The number of esters is 1. The molecule has 0 aromatic heterocycles. The monoisotopic (exact) mass is 247 g/mol. The third-order valence-electron chi connectivity index (χ3n) is 1.79. The molecule has 6 heteroatoms. The molecule has 0 fully saturated rings. The van der Waals surface area contributed by atoms with Crippen LogP contribution in [-0.2, 0) is 19.6 Å². The van der Waals surface area contributed by atoms with Crippen molar-refractivity contribution in [3.63, 3.8) is 0 Å². The molecule has 0 unspecified atom stereocenters. The molecule has 1 N–H and O–H groups in total. The predicted octanol–water partition coefficient (Wildman–Crippen LogP) is 0.271. The van der Waals surface area contributed by atoms with E-state index >= 15 is 0 Å². The summed E-state index contributed by atoms with van der Waals surface area (Å²) in [5, 5.41) is 0. The van der Waals surface area contributed by atoms with Gasteiger partial charge in [-0.2, -0.15) is 4.72 Å². The summed E-state index contributed by atoms with van der Waals surface area (Å²) in [4.78, 5) is 10.8. The van der Waals surface area contributed by atoms with Gasteiger partial charge in [-0.25, -0.2) is 8.42 Å². The molecular weight excluding hydrogens is 230 g/mol. The van der Waals surface area contributed by atoms with Crippen LogP contribution in [0, 0.1) is 12.3 Å². The molecular formula is C10H17NO4S. The molecule has 0 heterocycles. The lowest BCUT2D eigenvalue weighted by molar-refractivity contribution is -0.140. The highest BCUT2D eigenvalue weighted by Gasteiger charge is 2.22. The Hall–Kier alpha value is -1.06. The second-order valence-corrected chi connectivity index (χ2v) is 5.71. The van der Waals surface area contributed by atoms with Gasteiger partial charge in [0, 0.05) is 6.42 Å². The Labute approximate surface area is 96.6 Å². The normalized spacial score (nSPS) is 11.9. The third-order valence-corrected chi connectivity index (χ3v) is 3.44. The standard InChI is InChI=1S/C10H17NO4S/c1-5-10(2,3)11-16(13,14)8-6-7-9(12)15-4/h1,11H,6-8H2,2-4H3. The number of sulfonamides is 1. The summed E-state index contributed by atoms with van der Waals surface area (Å²) in [6.45, 7) is 3.18. The van der Waals surface area contributed by atoms with Gasteiger partial charge in [-0.1, -0.05) is 5.92 Å². The molecule has 92 valence electrons. The maximum Gasteiger partial charge on any atom is 0.305 e. The van der Waals surface area contributed by atoms with E-state index in [9.17, 15) is 13.2 Å². The fraction of sp³-hybridized carbons (Fsp3) is 0.700. The molecule has 0 radical (unpaired) electrons. The zero-order chi connectivity index (χ0) is 12.8. The SMILES string of the molecule is C#CC(C)(C)NS(=O)(=O)CCCC(=O)OC. The van der Waals surface area contributed by atoms with E-state index in [-0.39, 0.29) is 18.6 Å². The van der Waals surface area contributed by atoms with E-state index in [1.807, 2.05) is 0 Å². The Morgan fingerprint density at radius 3 is 2.50 bits per heavy atom. The Kier molecular flexibility index (Phi) is 5.48. The molecule has 0 amide bonds. The highest BCUT2D eigenvalue weighted by molar-refractivity contribution is 7.89. The van der Waals surface area contributed by atoms with Crippen LogP contribution in [0.1, 0.15) is 26.7 Å². The van der Waals surface area contributed by atoms with Crippen LogP contribution in [0.2, 0.25) is 0 Å². The lowest BCUT2D eigenvalue weighted by Crippen LogP contribution is -2.43. The fourth-order valence-corrected chi connectivity index (χ4v) is 2.44. The molecule has 0 rings (SSSR count). The minimum atomic E-state index is -3.46. The van der Waals surface area contributed by atoms with Gasteiger partial charge in [-0.05, 0) is 20.3 Å². The predicted molar refractivity (Wildman–Crippen MR) is 61.1 cm³/mol. The summed E-state index contributed by atoms with van der Waals surface area (Å²) in [6.07, 6.45) is 5.45. The van der Waals surface area contributed by atoms with Gasteiger partial charge in [0.1, 0.15) is 0 Å². The number of hydrogen-bond donors (Lipinski definition) is 1. The molecule has 0 spiro atoms. The fourth-order valence-electron chi connectivity index (χ4n) is 0.978. The van der Waals surface area contributed by atoms with Crippen LogP contribution in [0.25, 0.3) is 0 Å². The zero-order valence-electron chi connectivity index (χ0n) is 9.74. The van der Waals surface area contributed by atoms with Crippen LogP contribution >= 0.6 is 0 Å². The van der Waals surface area contributed by atoms with Crippen LogP contribution in [0.5, 0.6) is 0 Å². The quantitative estimate of drug-likeness (QED) is 0.540. The van der Waals surface area contributed by atoms with Gasteiger partial charge in [0.25, 0.3) is 0 Å². The van der Waals surface area contributed by atoms with E-state index in [2.05, 4.69) is 15.4 Å². The summed E-state index contributed by atoms with van der Waals surface area (Å²) in [5.41, 5.74) is -0.913. The molecule has 16 heavy (non-hydrogen) atoms. The molecule has 0 aromatic rings. The van der Waals surface area contributed by atoms with Gasteiger partial charge in [0.2, 0.25) is 10.0 Å². The molecule has 0 aliphatic carbocycles. The number of terminal acetylenes is 1. The summed E-state index contributed by atoms with van der Waals surface area (Å²) >= 11 is 0. The van der Waals surface area contributed by atoms with E-state index in [1.54, 1.807) is 13.8 Å². The first-order valence-corrected chi connectivity index (χ1v) is 6.44. The summed E-state index contributed by atoms with van der Waals surface area (Å²) < 4.78 is 29.8. The van der Waals surface area contributed by atoms with Crippen LogP contribution in [0.15, 0.2) is 0 Å². The molecule has 0 aliphatic rings. The summed E-state index contributed by atoms with van der Waals surface area (Å²) in [6, 6.07) is 0. The van der Waals surface area contributed by atoms with Crippen molar-refractivity contribution in [1.29, 1.82) is 0 Å². The number of methoxy groups -OCH3 is 1. The van der Waals surface area contributed by atoms with Crippen LogP contribution in [0.3, 0.4) is 0 Å². The molecule has 5 nitrogen and oxygen atoms in total. The number of carbonyl (C=O) groups is 1. The smallest absolute Gasteiger partial charge is 0.305 e. The Bertz CT molecular complexity index is 378. The summed E-state index contributed by atoms with van der Waals surface area (Å²) in [5.74, 6) is 1.76. The van der Waals surface area contributed by atoms with E-state index in [0.717, 1.165) is 0 Å². The molecule has 0 aliphatic heterocycles. The summed E-state index contributed by atoms with van der Waals surface area (Å²) in [7, 11) is -2.20. The van der Waals surface area contributed by atoms with Crippen molar-refractivity contribution in [3.8, 4) is 12.3 Å². The largest absolute Gasteiger partial charge is 0.469 e. The number of ether oxygens (including phenoxy) is 1. The first-order valence-electron chi connectivity index (χ1n) is 4.78. The van der Waals surface area contributed by atoms with Crippen molar-refractivity contribution < 1.29 is 17.9 Å². The second-order valence-electron chi connectivity index (χ2n) is 3.87. The number of nitrogens with one attached hydrogen (secondary N) is 1. The number of hydrogen-bond acceptors (Lipinski definition) is 4. The Balaban J connectivity index is 4.19. The van der Waals surface area contributed by atoms with Gasteiger partial charge in [0.15, 0.2) is 0 Å². The first kappa shape index (κ1) is 14.9. The first-order chi connectivity index (χ1) is 7.22. The maximum absolute atomic E-state index is 11.5. The van der Waals surface area contributed by atoms with Crippen molar-refractivity contribution in [2.45, 2.75) is 32.2 Å². The highest BCUT2D eigenvalue weighted by atomic mass is 32.2. The van der Waals surface area contributed by atoms with E-state index in [4.69, 9.17) is 6.42 Å². The second kappa shape index (κ2) is 5.87. The molecule has 0 bridgehead atoms. The van der Waals surface area contributed by atoms with Gasteiger partial charge in [-0.15, -0.1) is 6.42 Å². The van der Waals surface area contributed by atoms with E-state index < -0.39 is 21.5 Å². The van der Waals surface area contributed by atoms with Gasteiger partial charge in [0.05, 0.1) is 18.4 Å². The molecule has 0 aromatic carbocycles. The number of carbonyl (C=O) groups excluding carboxylic acids is 1. The van der Waals surface area contributed by atoms with Gasteiger partial charge in [-0.3, -0.25) is 4.79 Å². The zero-order valence-corrected chi connectivity index (χ0v) is 10.6. The van der Waals surface area contributed by atoms with Crippen molar-refractivity contribution in [2.24, 2.45) is 0 Å². The maximum atomic E-state index is 11.5. The Morgan fingerprint density at radius 2 is 2.06 bits per heavy atom. The average molecular weight is 247 g/mol. The highest BCUT2D eigenvalue weighted by Crippen LogP contribution is 2.04. The van der Waals surface area contributed by atoms with Gasteiger partial charge < -0.3 is 4.74 Å². The molecule has 0 saturated heterocycles. The lowest BCUT2D eigenvalue weighted by atomic mass is 10.1. The van der Waals surface area contributed by atoms with E-state index in [1.165, 1.54) is 7.11 Å². The minimum absolute atomic E-state index is 0.0773. The van der Waals surface area contributed by atoms with Gasteiger partial charge >= 0.3 is 5.97 Å². The van der Waals surface area contributed by atoms with Crippen LogP contribution in [-0.4, -0.2) is 32.8 Å². The number of rotatable bonds is 6. The van der Waals surface area contributed by atoms with E-state index in [0.29, 0.717) is 0 Å². The average Bonchev–Trinajstić information content (AvgIpc) is 2.15. The molecule has 0 saturated carbocycles. The minimum Gasteiger partial charge on any atom is -0.469 e. The van der Waals surface area contributed by atoms with Crippen molar-refractivity contribution >= 4 is 16.0 Å². The Morgan fingerprint density at radius 1 is 1.50 bits per heavy atom. The van der Waals surface area contributed by atoms with Crippen molar-refractivity contribution in [1.82, 2.24) is 4.72 Å².